The first-order chi connectivity index (χ1) is 9.52. The topological polar surface area (TPSA) is 61.9 Å². The second-order valence-corrected chi connectivity index (χ2v) is 5.59. The van der Waals surface area contributed by atoms with Gasteiger partial charge in [0, 0.05) is 36.5 Å². The lowest BCUT2D eigenvalue weighted by Gasteiger charge is -2.24. The number of aliphatic hydroxyl groups is 1. The van der Waals surface area contributed by atoms with Crippen LogP contribution in [0.5, 0.6) is 0 Å². The highest BCUT2D eigenvalue weighted by molar-refractivity contribution is 6.12. The van der Waals surface area contributed by atoms with Crippen molar-refractivity contribution < 1.29 is 5.11 Å². The number of hydrogen-bond acceptors (Lipinski definition) is 4. The monoisotopic (exact) mass is 275 g/mol. The summed E-state index contributed by atoms with van der Waals surface area (Å²) in [6, 6.07) is 0.239. The van der Waals surface area contributed by atoms with Crippen LogP contribution in [0.1, 0.15) is 40.0 Å². The van der Waals surface area contributed by atoms with E-state index in [0.29, 0.717) is 5.70 Å². The molecule has 0 saturated carbocycles. The standard InChI is InChI=1S/C16H25N3O/c1-4-11(2)18-15-10-16(20)14(17)9-13(15)12(3)19-7-5-6-8-19/h9-11,20H,4-8,17H2,1-3H3/b13-12+,18-15-. The highest BCUT2D eigenvalue weighted by atomic mass is 16.3. The number of rotatable bonds is 3. The van der Waals surface area contributed by atoms with Crippen molar-refractivity contribution in [2.45, 2.75) is 46.1 Å². The van der Waals surface area contributed by atoms with Gasteiger partial charge < -0.3 is 15.7 Å². The van der Waals surface area contributed by atoms with Gasteiger partial charge in [-0.3, -0.25) is 4.99 Å². The van der Waals surface area contributed by atoms with Crippen LogP contribution in [0.15, 0.2) is 39.9 Å². The smallest absolute Gasteiger partial charge is 0.140 e. The molecule has 1 aliphatic heterocycles. The van der Waals surface area contributed by atoms with E-state index < -0.39 is 0 Å². The van der Waals surface area contributed by atoms with Crippen LogP contribution in [0.25, 0.3) is 0 Å². The Morgan fingerprint density at radius 1 is 1.40 bits per heavy atom. The Kier molecular flexibility index (Phi) is 4.53. The highest BCUT2D eigenvalue weighted by Gasteiger charge is 2.20. The first-order valence-corrected chi connectivity index (χ1v) is 7.45. The van der Waals surface area contributed by atoms with Crippen molar-refractivity contribution in [1.82, 2.24) is 4.90 Å². The van der Waals surface area contributed by atoms with E-state index in [1.807, 2.05) is 6.08 Å². The van der Waals surface area contributed by atoms with Gasteiger partial charge in [0.25, 0.3) is 0 Å². The van der Waals surface area contributed by atoms with Gasteiger partial charge in [-0.15, -0.1) is 0 Å². The lowest BCUT2D eigenvalue weighted by atomic mass is 9.99. The molecule has 0 aromatic carbocycles. The first-order valence-electron chi connectivity index (χ1n) is 7.45. The summed E-state index contributed by atoms with van der Waals surface area (Å²) in [7, 11) is 0. The minimum absolute atomic E-state index is 0.116. The summed E-state index contributed by atoms with van der Waals surface area (Å²) in [5.74, 6) is 0.116. The maximum absolute atomic E-state index is 9.85. The zero-order chi connectivity index (χ0) is 14.7. The Morgan fingerprint density at radius 3 is 2.65 bits per heavy atom. The van der Waals surface area contributed by atoms with Gasteiger partial charge in [-0.1, -0.05) is 6.92 Å². The largest absolute Gasteiger partial charge is 0.506 e. The van der Waals surface area contributed by atoms with E-state index in [2.05, 4.69) is 25.7 Å². The molecule has 1 unspecified atom stereocenters. The van der Waals surface area contributed by atoms with E-state index >= 15 is 0 Å². The third-order valence-electron chi connectivity index (χ3n) is 4.07. The van der Waals surface area contributed by atoms with E-state index in [1.165, 1.54) is 18.5 Å². The summed E-state index contributed by atoms with van der Waals surface area (Å²) < 4.78 is 0. The molecule has 1 heterocycles. The summed E-state index contributed by atoms with van der Waals surface area (Å²) in [6.07, 6.45) is 7.00. The second-order valence-electron chi connectivity index (χ2n) is 5.59. The van der Waals surface area contributed by atoms with Crippen LogP contribution in [-0.4, -0.2) is 34.8 Å². The Balaban J connectivity index is 2.41. The Hall–Kier alpha value is -1.71. The fraction of sp³-hybridized carbons (Fsp3) is 0.562. The summed E-state index contributed by atoms with van der Waals surface area (Å²) in [4.78, 5) is 7.09. The molecule has 0 spiro atoms. The Labute approximate surface area is 121 Å². The maximum atomic E-state index is 9.85. The highest BCUT2D eigenvalue weighted by Crippen LogP contribution is 2.24. The molecule has 0 bridgehead atoms. The molecule has 4 nitrogen and oxygen atoms in total. The quantitative estimate of drug-likeness (QED) is 0.832. The molecule has 2 rings (SSSR count). The van der Waals surface area contributed by atoms with Crippen molar-refractivity contribution in [3.8, 4) is 0 Å². The molecule has 0 aromatic rings. The predicted octanol–water partition coefficient (Wildman–Crippen LogP) is 2.89. The van der Waals surface area contributed by atoms with Crippen LogP contribution < -0.4 is 5.73 Å². The summed E-state index contributed by atoms with van der Waals surface area (Å²) in [6.45, 7) is 8.50. The molecule has 4 heteroatoms. The van der Waals surface area contributed by atoms with E-state index in [-0.39, 0.29) is 11.8 Å². The van der Waals surface area contributed by atoms with Crippen molar-refractivity contribution in [2.24, 2.45) is 10.7 Å². The summed E-state index contributed by atoms with van der Waals surface area (Å²) in [5.41, 5.74) is 9.38. The number of aliphatic hydroxyl groups excluding tert-OH is 1. The predicted molar refractivity (Wildman–Crippen MR) is 83.7 cm³/mol. The number of nitrogens with two attached hydrogens (primary N) is 1. The van der Waals surface area contributed by atoms with Crippen LogP contribution in [0.3, 0.4) is 0 Å². The van der Waals surface area contributed by atoms with Gasteiger partial charge in [0.2, 0.25) is 0 Å². The number of likely N-dealkylation sites (tertiary alicyclic amines) is 1. The van der Waals surface area contributed by atoms with Gasteiger partial charge >= 0.3 is 0 Å². The SMILES string of the molecule is CCC(C)/N=C1/C=C(O)C(N)=C/C1=C(/C)N1CCCC1. The molecule has 0 aromatic heterocycles. The number of aliphatic imine (C=N–C) groups is 1. The minimum atomic E-state index is 0.116. The van der Waals surface area contributed by atoms with Gasteiger partial charge in [0.05, 0.1) is 11.4 Å². The molecule has 110 valence electrons. The van der Waals surface area contributed by atoms with Crippen LogP contribution in [0.2, 0.25) is 0 Å². The van der Waals surface area contributed by atoms with Crippen molar-refractivity contribution >= 4 is 5.71 Å². The molecule has 1 atom stereocenters. The van der Waals surface area contributed by atoms with E-state index in [9.17, 15) is 5.11 Å². The molecule has 2 aliphatic rings. The van der Waals surface area contributed by atoms with Gasteiger partial charge in [0.1, 0.15) is 5.76 Å². The zero-order valence-electron chi connectivity index (χ0n) is 12.7. The minimum Gasteiger partial charge on any atom is -0.506 e. The van der Waals surface area contributed by atoms with Gasteiger partial charge in [-0.25, -0.2) is 0 Å². The van der Waals surface area contributed by atoms with Gasteiger partial charge in [-0.05, 0) is 39.2 Å². The number of allylic oxidation sites excluding steroid dienone is 4. The van der Waals surface area contributed by atoms with Crippen LogP contribution >= 0.6 is 0 Å². The third-order valence-corrected chi connectivity index (χ3v) is 4.07. The Bertz CT molecular complexity index is 494. The molecule has 1 saturated heterocycles. The van der Waals surface area contributed by atoms with Crippen molar-refractivity contribution in [3.05, 3.63) is 34.9 Å². The summed E-state index contributed by atoms with van der Waals surface area (Å²) >= 11 is 0. The number of hydrogen-bond donors (Lipinski definition) is 2. The molecule has 20 heavy (non-hydrogen) atoms. The molecular weight excluding hydrogens is 250 g/mol. The molecule has 3 N–H and O–H groups in total. The third kappa shape index (κ3) is 3.06. The zero-order valence-corrected chi connectivity index (χ0v) is 12.7. The Morgan fingerprint density at radius 2 is 2.05 bits per heavy atom. The molecule has 1 fully saturated rings. The van der Waals surface area contributed by atoms with Crippen molar-refractivity contribution in [2.75, 3.05) is 13.1 Å². The van der Waals surface area contributed by atoms with Gasteiger partial charge in [-0.2, -0.15) is 0 Å². The van der Waals surface area contributed by atoms with Crippen molar-refractivity contribution in [3.63, 3.8) is 0 Å². The molecular formula is C16H25N3O. The lowest BCUT2D eigenvalue weighted by molar-refractivity contribution is 0.419. The van der Waals surface area contributed by atoms with Crippen LogP contribution in [0, 0.1) is 0 Å². The lowest BCUT2D eigenvalue weighted by Crippen LogP contribution is -2.23. The fourth-order valence-corrected chi connectivity index (χ4v) is 2.54. The second kappa shape index (κ2) is 6.16. The maximum Gasteiger partial charge on any atom is 0.140 e. The van der Waals surface area contributed by atoms with E-state index in [4.69, 9.17) is 10.7 Å². The van der Waals surface area contributed by atoms with E-state index in [0.717, 1.165) is 30.8 Å². The average Bonchev–Trinajstić information content (AvgIpc) is 2.95. The van der Waals surface area contributed by atoms with Crippen LogP contribution in [0.4, 0.5) is 0 Å². The molecule has 1 aliphatic carbocycles. The number of nitrogens with zero attached hydrogens (tertiary/aromatic N) is 2. The average molecular weight is 275 g/mol. The fourth-order valence-electron chi connectivity index (χ4n) is 2.54. The normalized spacial score (nSPS) is 25.6. The molecule has 0 radical (unpaired) electrons. The van der Waals surface area contributed by atoms with Gasteiger partial charge in [0.15, 0.2) is 0 Å². The van der Waals surface area contributed by atoms with Crippen LogP contribution in [-0.2, 0) is 0 Å². The van der Waals surface area contributed by atoms with Crippen molar-refractivity contribution in [1.29, 1.82) is 0 Å². The summed E-state index contributed by atoms with van der Waals surface area (Å²) in [5, 5.41) is 9.85. The van der Waals surface area contributed by atoms with E-state index in [1.54, 1.807) is 6.08 Å². The molecule has 0 amide bonds. The first kappa shape index (κ1) is 14.7.